The summed E-state index contributed by atoms with van der Waals surface area (Å²) >= 11 is 0. The molecule has 6 heteroatoms. The fraction of sp³-hybridized carbons (Fsp3) is 0.231. The second-order valence-corrected chi connectivity index (χ2v) is 8.77. The van der Waals surface area contributed by atoms with Gasteiger partial charge in [0.25, 0.3) is 0 Å². The number of hydrogen-bond donors (Lipinski definition) is 3. The minimum Gasteiger partial charge on any atom is -0.444 e. The van der Waals surface area contributed by atoms with Crippen LogP contribution < -0.4 is 10.6 Å². The van der Waals surface area contributed by atoms with Crippen LogP contribution in [0.25, 0.3) is 21.8 Å². The summed E-state index contributed by atoms with van der Waals surface area (Å²) in [6, 6.07) is 20.9. The number of hydrogen-bond acceptors (Lipinski definition) is 5. The van der Waals surface area contributed by atoms with Crippen LogP contribution in [0.1, 0.15) is 38.1 Å². The van der Waals surface area contributed by atoms with Gasteiger partial charge in [-0.25, -0.2) is 9.78 Å². The first-order valence-corrected chi connectivity index (χ1v) is 10.5. The Hall–Kier alpha value is -3.64. The maximum atomic E-state index is 12.1. The number of anilines is 2. The lowest BCUT2D eigenvalue weighted by Crippen LogP contribution is -2.27. The molecule has 3 aromatic carbocycles. The third-order valence-electron chi connectivity index (χ3n) is 5.04. The van der Waals surface area contributed by atoms with Crippen LogP contribution in [0.4, 0.5) is 16.2 Å². The third kappa shape index (κ3) is 4.65. The topological polar surface area (TPSA) is 83.5 Å². The molecule has 164 valence electrons. The Morgan fingerprint density at radius 1 is 1.00 bits per heavy atom. The van der Waals surface area contributed by atoms with E-state index < -0.39 is 17.9 Å². The Balaban J connectivity index is 1.66. The number of benzene rings is 3. The molecule has 1 unspecified atom stereocenters. The zero-order chi connectivity index (χ0) is 22.9. The van der Waals surface area contributed by atoms with Crippen LogP contribution in [0.15, 0.2) is 66.7 Å². The number of ether oxygens (including phenoxy) is 1. The number of carbonyl (C=O) groups is 1. The quantitative estimate of drug-likeness (QED) is 0.268. The summed E-state index contributed by atoms with van der Waals surface area (Å²) in [5.41, 5.74) is 4.18. The van der Waals surface area contributed by atoms with Crippen molar-refractivity contribution in [3.05, 3.63) is 77.9 Å². The van der Waals surface area contributed by atoms with Crippen molar-refractivity contribution >= 4 is 39.3 Å². The van der Waals surface area contributed by atoms with E-state index in [2.05, 4.69) is 10.6 Å². The highest BCUT2D eigenvalue weighted by Crippen LogP contribution is 2.34. The van der Waals surface area contributed by atoms with E-state index in [0.29, 0.717) is 11.3 Å². The van der Waals surface area contributed by atoms with Crippen LogP contribution in [-0.2, 0) is 4.74 Å². The van der Waals surface area contributed by atoms with E-state index in [9.17, 15) is 9.90 Å². The number of aliphatic hydroxyl groups excluding tert-OH is 1. The highest BCUT2D eigenvalue weighted by Gasteiger charge is 2.18. The highest BCUT2D eigenvalue weighted by atomic mass is 16.6. The van der Waals surface area contributed by atoms with Gasteiger partial charge in [-0.3, -0.25) is 5.32 Å². The van der Waals surface area contributed by atoms with Crippen LogP contribution in [0.5, 0.6) is 0 Å². The number of carbonyl (C=O) groups excluding carboxylic acids is 1. The first-order valence-electron chi connectivity index (χ1n) is 10.5. The van der Waals surface area contributed by atoms with Gasteiger partial charge >= 0.3 is 6.09 Å². The van der Waals surface area contributed by atoms with Crippen molar-refractivity contribution in [2.24, 2.45) is 0 Å². The number of pyridine rings is 1. The van der Waals surface area contributed by atoms with Gasteiger partial charge in [0, 0.05) is 22.0 Å². The number of amides is 1. The number of aryl methyl sites for hydroxylation is 1. The summed E-state index contributed by atoms with van der Waals surface area (Å²) in [7, 11) is 0. The van der Waals surface area contributed by atoms with Crippen LogP contribution >= 0.6 is 0 Å². The molecule has 0 bridgehead atoms. The largest absolute Gasteiger partial charge is 0.444 e. The molecule has 32 heavy (non-hydrogen) atoms. The maximum Gasteiger partial charge on any atom is 0.412 e. The van der Waals surface area contributed by atoms with Crippen LogP contribution in [0, 0.1) is 6.92 Å². The number of nitrogens with zero attached hydrogens (tertiary/aromatic N) is 1. The molecule has 1 amide bonds. The van der Waals surface area contributed by atoms with E-state index in [4.69, 9.17) is 9.72 Å². The predicted molar refractivity (Wildman–Crippen MR) is 129 cm³/mol. The molecule has 0 aliphatic heterocycles. The van der Waals surface area contributed by atoms with E-state index >= 15 is 0 Å². The van der Waals surface area contributed by atoms with Gasteiger partial charge in [-0.05, 0) is 51.5 Å². The van der Waals surface area contributed by atoms with E-state index in [1.165, 1.54) is 0 Å². The van der Waals surface area contributed by atoms with Crippen molar-refractivity contribution in [1.29, 1.82) is 0 Å². The monoisotopic (exact) mass is 429 g/mol. The molecule has 0 fully saturated rings. The van der Waals surface area contributed by atoms with Gasteiger partial charge < -0.3 is 15.2 Å². The Bertz CT molecular complexity index is 1290. The lowest BCUT2D eigenvalue weighted by molar-refractivity contribution is 0.0636. The highest BCUT2D eigenvalue weighted by molar-refractivity contribution is 6.08. The van der Waals surface area contributed by atoms with E-state index in [-0.39, 0.29) is 0 Å². The van der Waals surface area contributed by atoms with Gasteiger partial charge in [-0.2, -0.15) is 0 Å². The second-order valence-electron chi connectivity index (χ2n) is 8.77. The molecule has 3 N–H and O–H groups in total. The van der Waals surface area contributed by atoms with Crippen LogP contribution in [0.2, 0.25) is 0 Å². The van der Waals surface area contributed by atoms with E-state index in [1.54, 1.807) is 24.3 Å². The van der Waals surface area contributed by atoms with Gasteiger partial charge in [0.15, 0.2) is 6.23 Å². The van der Waals surface area contributed by atoms with E-state index in [1.807, 2.05) is 70.2 Å². The summed E-state index contributed by atoms with van der Waals surface area (Å²) < 4.78 is 5.31. The van der Waals surface area contributed by atoms with E-state index in [0.717, 1.165) is 33.1 Å². The summed E-state index contributed by atoms with van der Waals surface area (Å²) in [6.07, 6.45) is -1.54. The smallest absolute Gasteiger partial charge is 0.412 e. The average Bonchev–Trinajstić information content (AvgIpc) is 2.73. The zero-order valence-corrected chi connectivity index (χ0v) is 18.6. The molecule has 0 saturated carbocycles. The Kier molecular flexibility index (Phi) is 5.72. The predicted octanol–water partition coefficient (Wildman–Crippen LogP) is 6.15. The molecule has 0 spiro atoms. The van der Waals surface area contributed by atoms with Crippen molar-refractivity contribution in [2.75, 3.05) is 10.6 Å². The first-order chi connectivity index (χ1) is 15.2. The summed E-state index contributed by atoms with van der Waals surface area (Å²) in [5, 5.41) is 18.9. The fourth-order valence-corrected chi connectivity index (χ4v) is 3.64. The van der Waals surface area contributed by atoms with Crippen LogP contribution in [0.3, 0.4) is 0 Å². The molecule has 6 nitrogen and oxygen atoms in total. The maximum absolute atomic E-state index is 12.1. The first kappa shape index (κ1) is 21.6. The third-order valence-corrected chi connectivity index (χ3v) is 5.04. The van der Waals surface area contributed by atoms with Crippen molar-refractivity contribution in [3.8, 4) is 0 Å². The molecule has 1 aromatic heterocycles. The summed E-state index contributed by atoms with van der Waals surface area (Å²) in [6.45, 7) is 7.45. The van der Waals surface area contributed by atoms with Gasteiger partial charge in [0.2, 0.25) is 0 Å². The number of fused-ring (bicyclic) bond motifs is 2. The number of rotatable bonds is 4. The average molecular weight is 430 g/mol. The van der Waals surface area contributed by atoms with Gasteiger partial charge in [0.1, 0.15) is 5.60 Å². The van der Waals surface area contributed by atoms with Gasteiger partial charge in [-0.15, -0.1) is 0 Å². The zero-order valence-electron chi connectivity index (χ0n) is 18.6. The summed E-state index contributed by atoms with van der Waals surface area (Å²) in [4.78, 5) is 16.9. The Labute approximate surface area is 187 Å². The molecule has 4 aromatic rings. The number of aliphatic hydroxyl groups is 1. The van der Waals surface area contributed by atoms with Crippen molar-refractivity contribution in [2.45, 2.75) is 39.5 Å². The van der Waals surface area contributed by atoms with Gasteiger partial charge in [0.05, 0.1) is 16.7 Å². The number of nitrogens with one attached hydrogen (secondary N) is 2. The number of aromatic nitrogens is 1. The standard InChI is InChI=1S/C26H27N3O3/c1-16-9-7-13-20-22(16)28-21-14-6-5-12-19(21)23(20)29-24(30)17-10-8-11-18(15-17)27-25(31)32-26(2,3)4/h5-15,24,30H,1-4H3,(H,27,31)(H,28,29). The summed E-state index contributed by atoms with van der Waals surface area (Å²) in [5.74, 6) is 0. The molecule has 1 atom stereocenters. The normalized spacial score (nSPS) is 12.5. The minimum absolute atomic E-state index is 0.540. The molecular weight excluding hydrogens is 402 g/mol. The van der Waals surface area contributed by atoms with Gasteiger partial charge in [-0.1, -0.05) is 48.5 Å². The second kappa shape index (κ2) is 8.48. The lowest BCUT2D eigenvalue weighted by atomic mass is 10.0. The molecule has 1 heterocycles. The molecular formula is C26H27N3O3. The van der Waals surface area contributed by atoms with Crippen molar-refractivity contribution < 1.29 is 14.6 Å². The molecule has 0 saturated heterocycles. The van der Waals surface area contributed by atoms with Crippen molar-refractivity contribution in [3.63, 3.8) is 0 Å². The minimum atomic E-state index is -0.995. The Morgan fingerprint density at radius 2 is 1.72 bits per heavy atom. The molecule has 0 aliphatic carbocycles. The number of para-hydroxylation sites is 2. The molecule has 0 aliphatic rings. The van der Waals surface area contributed by atoms with Crippen LogP contribution in [-0.4, -0.2) is 21.8 Å². The Morgan fingerprint density at radius 3 is 2.50 bits per heavy atom. The van der Waals surface area contributed by atoms with Crippen molar-refractivity contribution in [1.82, 2.24) is 4.98 Å². The SMILES string of the molecule is Cc1cccc2c(NC(O)c3cccc(NC(=O)OC(C)(C)C)c3)c3ccccc3nc12. The fourth-order valence-electron chi connectivity index (χ4n) is 3.64. The lowest BCUT2D eigenvalue weighted by Gasteiger charge is -2.21. The molecule has 4 rings (SSSR count). The molecule has 0 radical (unpaired) electrons.